The third kappa shape index (κ3) is 6.78. The number of hydrogen-bond donors (Lipinski definition) is 3. The van der Waals surface area contributed by atoms with Crippen molar-refractivity contribution in [3.63, 3.8) is 0 Å². The van der Waals surface area contributed by atoms with Crippen molar-refractivity contribution in [3.05, 3.63) is 83.7 Å². The van der Waals surface area contributed by atoms with Crippen molar-refractivity contribution in [2.24, 2.45) is 5.73 Å². The molecule has 172 valence electrons. The van der Waals surface area contributed by atoms with Gasteiger partial charge in [-0.3, -0.25) is 14.6 Å². The molecule has 0 aliphatic heterocycles. The number of pyridine rings is 1. The summed E-state index contributed by atoms with van der Waals surface area (Å²) >= 11 is 0. The largest absolute Gasteiger partial charge is 0.497 e. The van der Waals surface area contributed by atoms with Gasteiger partial charge in [0.1, 0.15) is 11.5 Å². The van der Waals surface area contributed by atoms with E-state index in [4.69, 9.17) is 15.2 Å². The van der Waals surface area contributed by atoms with E-state index in [-0.39, 0.29) is 18.2 Å². The third-order valence-electron chi connectivity index (χ3n) is 5.15. The van der Waals surface area contributed by atoms with Gasteiger partial charge in [0.2, 0.25) is 5.91 Å². The quantitative estimate of drug-likeness (QED) is 0.439. The highest BCUT2D eigenvalue weighted by atomic mass is 16.5. The molecule has 2 amide bonds. The number of nitrogens with one attached hydrogen (secondary N) is 2. The Labute approximate surface area is 193 Å². The van der Waals surface area contributed by atoms with Crippen molar-refractivity contribution in [1.82, 2.24) is 10.3 Å². The molecule has 4 N–H and O–H groups in total. The second kappa shape index (κ2) is 11.6. The minimum Gasteiger partial charge on any atom is -0.497 e. The Balaban J connectivity index is 1.49. The molecule has 3 aromatic rings. The monoisotopic (exact) mass is 448 g/mol. The van der Waals surface area contributed by atoms with Crippen LogP contribution < -0.4 is 25.8 Å². The molecule has 0 radical (unpaired) electrons. The number of anilines is 1. The summed E-state index contributed by atoms with van der Waals surface area (Å²) in [4.78, 5) is 28.6. The first-order valence-corrected chi connectivity index (χ1v) is 10.5. The van der Waals surface area contributed by atoms with Crippen molar-refractivity contribution in [1.29, 1.82) is 0 Å². The van der Waals surface area contributed by atoms with Crippen LogP contribution in [0.5, 0.6) is 11.5 Å². The van der Waals surface area contributed by atoms with E-state index in [0.29, 0.717) is 24.2 Å². The van der Waals surface area contributed by atoms with Gasteiger partial charge in [-0.2, -0.15) is 0 Å². The molecule has 0 aliphatic rings. The fourth-order valence-corrected chi connectivity index (χ4v) is 3.32. The van der Waals surface area contributed by atoms with Gasteiger partial charge in [-0.1, -0.05) is 12.1 Å². The molecule has 0 spiro atoms. The maximum Gasteiger partial charge on any atom is 0.255 e. The fraction of sp³-hybridized carbons (Fsp3) is 0.240. The first-order valence-electron chi connectivity index (χ1n) is 10.5. The van der Waals surface area contributed by atoms with Gasteiger partial charge in [-0.25, -0.2) is 0 Å². The highest BCUT2D eigenvalue weighted by Gasteiger charge is 2.14. The van der Waals surface area contributed by atoms with Crippen LogP contribution in [-0.2, 0) is 11.2 Å². The third-order valence-corrected chi connectivity index (χ3v) is 5.15. The average molecular weight is 449 g/mol. The van der Waals surface area contributed by atoms with Crippen molar-refractivity contribution >= 4 is 17.5 Å². The summed E-state index contributed by atoms with van der Waals surface area (Å²) in [5, 5.41) is 5.69. The molecule has 33 heavy (non-hydrogen) atoms. The van der Waals surface area contributed by atoms with Crippen LogP contribution in [0.2, 0.25) is 0 Å². The Morgan fingerprint density at radius 3 is 2.39 bits per heavy atom. The van der Waals surface area contributed by atoms with Gasteiger partial charge in [0.05, 0.1) is 14.2 Å². The molecule has 1 atom stereocenters. The SMILES string of the molecule is COc1ccc(OC)c(CCNC(=O)CC(N)c2ccc(C(=O)Nc3ccncc3)cc2)c1. The highest BCUT2D eigenvalue weighted by Crippen LogP contribution is 2.24. The number of carbonyl (C=O) groups excluding carboxylic acids is 2. The maximum atomic E-state index is 12.4. The molecular formula is C25H28N4O4. The lowest BCUT2D eigenvalue weighted by Gasteiger charge is -2.14. The number of ether oxygens (including phenoxy) is 2. The Morgan fingerprint density at radius 2 is 1.73 bits per heavy atom. The topological polar surface area (TPSA) is 116 Å². The van der Waals surface area contributed by atoms with Crippen LogP contribution in [0.25, 0.3) is 0 Å². The smallest absolute Gasteiger partial charge is 0.255 e. The summed E-state index contributed by atoms with van der Waals surface area (Å²) in [6, 6.07) is 15.4. The van der Waals surface area contributed by atoms with E-state index in [1.807, 2.05) is 18.2 Å². The minimum atomic E-state index is -0.478. The predicted molar refractivity (Wildman–Crippen MR) is 126 cm³/mol. The van der Waals surface area contributed by atoms with Crippen molar-refractivity contribution in [3.8, 4) is 11.5 Å². The van der Waals surface area contributed by atoms with Crippen molar-refractivity contribution in [2.45, 2.75) is 18.9 Å². The predicted octanol–water partition coefficient (Wildman–Crippen LogP) is 3.10. The number of nitrogens with two attached hydrogens (primary N) is 1. The summed E-state index contributed by atoms with van der Waals surface area (Å²) in [5.41, 5.74) is 9.10. The number of methoxy groups -OCH3 is 2. The number of nitrogens with zero attached hydrogens (tertiary/aromatic N) is 1. The fourth-order valence-electron chi connectivity index (χ4n) is 3.32. The van der Waals surface area contributed by atoms with E-state index in [0.717, 1.165) is 22.6 Å². The van der Waals surface area contributed by atoms with Crippen molar-refractivity contribution in [2.75, 3.05) is 26.1 Å². The summed E-state index contributed by atoms with van der Waals surface area (Å²) in [7, 11) is 3.21. The van der Waals surface area contributed by atoms with Crippen LogP contribution in [0.3, 0.4) is 0 Å². The average Bonchev–Trinajstić information content (AvgIpc) is 2.84. The Kier molecular flexibility index (Phi) is 8.37. The molecular weight excluding hydrogens is 420 g/mol. The van der Waals surface area contributed by atoms with Crippen LogP contribution in [0.4, 0.5) is 5.69 Å². The first kappa shape index (κ1) is 23.7. The Morgan fingerprint density at radius 1 is 1.00 bits per heavy atom. The zero-order valence-electron chi connectivity index (χ0n) is 18.7. The Bertz CT molecular complexity index is 1070. The van der Waals surface area contributed by atoms with Gasteiger partial charge in [0.25, 0.3) is 5.91 Å². The second-order valence-electron chi connectivity index (χ2n) is 7.40. The Hall–Kier alpha value is -3.91. The molecule has 1 heterocycles. The van der Waals surface area contributed by atoms with E-state index in [1.165, 1.54) is 0 Å². The van der Waals surface area contributed by atoms with Gasteiger partial charge in [0, 0.05) is 42.7 Å². The molecule has 2 aromatic carbocycles. The number of amides is 2. The summed E-state index contributed by atoms with van der Waals surface area (Å²) < 4.78 is 10.6. The molecule has 0 fully saturated rings. The van der Waals surface area contributed by atoms with Crippen LogP contribution in [0, 0.1) is 0 Å². The van der Waals surface area contributed by atoms with E-state index in [2.05, 4.69) is 15.6 Å². The van der Waals surface area contributed by atoms with Gasteiger partial charge in [-0.15, -0.1) is 0 Å². The minimum absolute atomic E-state index is 0.137. The first-order chi connectivity index (χ1) is 16.0. The molecule has 0 bridgehead atoms. The zero-order chi connectivity index (χ0) is 23.6. The molecule has 1 unspecified atom stereocenters. The number of hydrogen-bond acceptors (Lipinski definition) is 6. The molecule has 8 nitrogen and oxygen atoms in total. The normalized spacial score (nSPS) is 11.4. The number of carbonyl (C=O) groups is 2. The van der Waals surface area contributed by atoms with Crippen LogP contribution >= 0.6 is 0 Å². The van der Waals surface area contributed by atoms with E-state index in [9.17, 15) is 9.59 Å². The standard InChI is InChI=1S/C25H28N4O4/c1-32-21-7-8-23(33-2)19(15-21)9-14-28-24(30)16-22(26)17-3-5-18(6-4-17)25(31)29-20-10-12-27-13-11-20/h3-8,10-13,15,22H,9,14,16,26H2,1-2H3,(H,28,30)(H,27,29,31). The van der Waals surface area contributed by atoms with Crippen LogP contribution in [0.1, 0.15) is 33.9 Å². The number of benzene rings is 2. The molecule has 1 aromatic heterocycles. The number of aromatic nitrogens is 1. The lowest BCUT2D eigenvalue weighted by atomic mass is 10.0. The van der Waals surface area contributed by atoms with Gasteiger partial charge >= 0.3 is 0 Å². The van der Waals surface area contributed by atoms with Gasteiger partial charge < -0.3 is 25.8 Å². The zero-order valence-corrected chi connectivity index (χ0v) is 18.7. The van der Waals surface area contributed by atoms with Gasteiger partial charge in [-0.05, 0) is 60.0 Å². The summed E-state index contributed by atoms with van der Waals surface area (Å²) in [6.07, 6.45) is 3.95. The highest BCUT2D eigenvalue weighted by molar-refractivity contribution is 6.04. The van der Waals surface area contributed by atoms with Crippen LogP contribution in [0.15, 0.2) is 67.0 Å². The second-order valence-corrected chi connectivity index (χ2v) is 7.40. The molecule has 3 rings (SSSR count). The molecule has 0 saturated heterocycles. The lowest BCUT2D eigenvalue weighted by molar-refractivity contribution is -0.121. The van der Waals surface area contributed by atoms with Crippen molar-refractivity contribution < 1.29 is 19.1 Å². The lowest BCUT2D eigenvalue weighted by Crippen LogP contribution is -2.29. The molecule has 0 aliphatic carbocycles. The van der Waals surface area contributed by atoms with E-state index < -0.39 is 6.04 Å². The number of rotatable bonds is 10. The van der Waals surface area contributed by atoms with E-state index in [1.54, 1.807) is 63.0 Å². The molecule has 0 saturated carbocycles. The van der Waals surface area contributed by atoms with E-state index >= 15 is 0 Å². The summed E-state index contributed by atoms with van der Waals surface area (Å²) in [6.45, 7) is 0.448. The van der Waals surface area contributed by atoms with Gasteiger partial charge in [0.15, 0.2) is 0 Å². The summed E-state index contributed by atoms with van der Waals surface area (Å²) in [5.74, 6) is 1.10. The maximum absolute atomic E-state index is 12.4. The molecule has 8 heteroatoms. The van der Waals surface area contributed by atoms with Crippen LogP contribution in [-0.4, -0.2) is 37.6 Å².